The minimum absolute atomic E-state index is 0.00484. The number of aliphatic carboxylic acids is 1. The quantitative estimate of drug-likeness (QED) is 0.805. The Morgan fingerprint density at radius 3 is 2.73 bits per heavy atom. The maximum Gasteiger partial charge on any atom is 0.303 e. The van der Waals surface area contributed by atoms with E-state index in [4.69, 9.17) is 5.11 Å². The zero-order valence-corrected chi connectivity index (χ0v) is 8.40. The van der Waals surface area contributed by atoms with Crippen molar-refractivity contribution in [3.8, 4) is 5.75 Å². The number of phenols is 1. The highest BCUT2D eigenvalue weighted by atomic mass is 19.1. The van der Waals surface area contributed by atoms with Crippen molar-refractivity contribution in [1.29, 1.82) is 0 Å². The third-order valence-electron chi connectivity index (χ3n) is 2.15. The highest BCUT2D eigenvalue weighted by Gasteiger charge is 2.10. The second-order valence-corrected chi connectivity index (χ2v) is 3.40. The predicted octanol–water partition coefficient (Wildman–Crippen LogP) is 2.44. The van der Waals surface area contributed by atoms with E-state index >= 15 is 0 Å². The normalized spacial score (nSPS) is 12.4. The summed E-state index contributed by atoms with van der Waals surface area (Å²) in [5, 5.41) is 17.8. The topological polar surface area (TPSA) is 57.5 Å². The lowest BCUT2D eigenvalue weighted by Crippen LogP contribution is -1.98. The summed E-state index contributed by atoms with van der Waals surface area (Å²) >= 11 is 0. The third kappa shape index (κ3) is 3.23. The van der Waals surface area contributed by atoms with E-state index in [0.717, 1.165) is 5.56 Å². The predicted molar refractivity (Wildman–Crippen MR) is 53.6 cm³/mol. The van der Waals surface area contributed by atoms with Gasteiger partial charge in [-0.25, -0.2) is 4.39 Å². The Hall–Kier alpha value is -1.58. The lowest BCUT2D eigenvalue weighted by molar-refractivity contribution is -0.136. The van der Waals surface area contributed by atoms with Crippen molar-refractivity contribution < 1.29 is 19.4 Å². The summed E-state index contributed by atoms with van der Waals surface area (Å²) < 4.78 is 13.0. The molecule has 0 saturated carbocycles. The van der Waals surface area contributed by atoms with Gasteiger partial charge in [-0.1, -0.05) is 6.07 Å². The maximum absolute atomic E-state index is 13.0. The minimum atomic E-state index is -1.25. The largest absolute Gasteiger partial charge is 0.508 e. The standard InChI is InChI=1S/C11H13FO3/c1-7(12)9-6-8(2-4-10(9)13)3-5-11(14)15/h2,4,6-7,13H,3,5H2,1H3,(H,14,15). The molecule has 1 rings (SSSR count). The van der Waals surface area contributed by atoms with Gasteiger partial charge in [0.05, 0.1) is 0 Å². The highest BCUT2D eigenvalue weighted by Crippen LogP contribution is 2.27. The van der Waals surface area contributed by atoms with Crippen molar-refractivity contribution in [3.05, 3.63) is 29.3 Å². The fourth-order valence-electron chi connectivity index (χ4n) is 1.33. The van der Waals surface area contributed by atoms with Crippen LogP contribution < -0.4 is 0 Å². The molecule has 0 amide bonds. The zero-order chi connectivity index (χ0) is 11.4. The Balaban J connectivity index is 2.83. The number of carbonyl (C=O) groups is 1. The summed E-state index contributed by atoms with van der Waals surface area (Å²) in [6.45, 7) is 1.33. The molecule has 3 nitrogen and oxygen atoms in total. The van der Waals surface area contributed by atoms with Gasteiger partial charge < -0.3 is 10.2 Å². The van der Waals surface area contributed by atoms with Gasteiger partial charge in [-0.05, 0) is 31.0 Å². The maximum atomic E-state index is 13.0. The Kier molecular flexibility index (Phi) is 3.66. The molecular formula is C11H13FO3. The van der Waals surface area contributed by atoms with E-state index in [2.05, 4.69) is 0 Å². The van der Waals surface area contributed by atoms with E-state index in [0.29, 0.717) is 6.42 Å². The number of phenolic OH excluding ortho intramolecular Hbond substituents is 1. The summed E-state index contributed by atoms with van der Waals surface area (Å²) in [6, 6.07) is 4.50. The third-order valence-corrected chi connectivity index (χ3v) is 2.15. The number of hydrogen-bond donors (Lipinski definition) is 2. The number of halogens is 1. The molecule has 15 heavy (non-hydrogen) atoms. The van der Waals surface area contributed by atoms with Gasteiger partial charge in [0.15, 0.2) is 0 Å². The van der Waals surface area contributed by atoms with Gasteiger partial charge in [0.2, 0.25) is 0 Å². The van der Waals surface area contributed by atoms with Gasteiger partial charge in [0.25, 0.3) is 0 Å². The number of aryl methyl sites for hydroxylation is 1. The Labute approximate surface area is 87.2 Å². The summed E-state index contributed by atoms with van der Waals surface area (Å²) in [5.41, 5.74) is 0.924. The van der Waals surface area contributed by atoms with Gasteiger partial charge in [0, 0.05) is 12.0 Å². The van der Waals surface area contributed by atoms with Gasteiger partial charge >= 0.3 is 5.97 Å². The van der Waals surface area contributed by atoms with Crippen molar-refractivity contribution in [3.63, 3.8) is 0 Å². The molecule has 82 valence electrons. The van der Waals surface area contributed by atoms with Crippen molar-refractivity contribution in [2.75, 3.05) is 0 Å². The molecule has 1 atom stereocenters. The molecule has 0 aromatic heterocycles. The first kappa shape index (κ1) is 11.5. The van der Waals surface area contributed by atoms with E-state index in [1.807, 2.05) is 0 Å². The summed E-state index contributed by atoms with van der Waals surface area (Å²) in [5.74, 6) is -0.984. The van der Waals surface area contributed by atoms with Crippen LogP contribution in [-0.2, 0) is 11.2 Å². The number of benzene rings is 1. The smallest absolute Gasteiger partial charge is 0.303 e. The van der Waals surface area contributed by atoms with Gasteiger partial charge in [-0.3, -0.25) is 4.79 Å². The first-order valence-corrected chi connectivity index (χ1v) is 4.68. The molecule has 0 spiro atoms. The number of carboxylic acid groups (broad SMARTS) is 1. The fraction of sp³-hybridized carbons (Fsp3) is 0.364. The lowest BCUT2D eigenvalue weighted by atomic mass is 10.0. The summed E-state index contributed by atoms with van der Waals surface area (Å²) in [7, 11) is 0. The molecule has 0 aliphatic rings. The molecule has 0 heterocycles. The second-order valence-electron chi connectivity index (χ2n) is 3.40. The van der Waals surface area contributed by atoms with Crippen LogP contribution in [0.3, 0.4) is 0 Å². The van der Waals surface area contributed by atoms with Crippen LogP contribution in [0.1, 0.15) is 30.6 Å². The first-order chi connectivity index (χ1) is 7.00. The Morgan fingerprint density at radius 1 is 1.53 bits per heavy atom. The fourth-order valence-corrected chi connectivity index (χ4v) is 1.33. The van der Waals surface area contributed by atoms with Crippen LogP contribution in [-0.4, -0.2) is 16.2 Å². The van der Waals surface area contributed by atoms with Crippen LogP contribution >= 0.6 is 0 Å². The van der Waals surface area contributed by atoms with E-state index in [-0.39, 0.29) is 17.7 Å². The first-order valence-electron chi connectivity index (χ1n) is 4.68. The molecule has 4 heteroatoms. The Bertz CT molecular complexity index is 361. The molecule has 0 bridgehead atoms. The van der Waals surface area contributed by atoms with Crippen molar-refractivity contribution in [1.82, 2.24) is 0 Å². The van der Waals surface area contributed by atoms with Crippen LogP contribution in [0.25, 0.3) is 0 Å². The number of rotatable bonds is 4. The molecule has 1 aromatic carbocycles. The average Bonchev–Trinajstić information content (AvgIpc) is 2.16. The van der Waals surface area contributed by atoms with Crippen LogP contribution in [0.15, 0.2) is 18.2 Å². The average molecular weight is 212 g/mol. The molecule has 1 unspecified atom stereocenters. The Morgan fingerprint density at radius 2 is 2.20 bits per heavy atom. The van der Waals surface area contributed by atoms with E-state index in [1.165, 1.54) is 19.1 Å². The zero-order valence-electron chi connectivity index (χ0n) is 8.40. The van der Waals surface area contributed by atoms with Gasteiger partial charge in [-0.2, -0.15) is 0 Å². The van der Waals surface area contributed by atoms with Crippen molar-refractivity contribution >= 4 is 5.97 Å². The summed E-state index contributed by atoms with van der Waals surface area (Å²) in [6.07, 6.45) is -0.907. The van der Waals surface area contributed by atoms with Crippen LogP contribution in [0, 0.1) is 0 Å². The molecule has 0 radical (unpaired) electrons. The summed E-state index contributed by atoms with van der Waals surface area (Å²) in [4.78, 5) is 10.3. The van der Waals surface area contributed by atoms with Crippen molar-refractivity contribution in [2.45, 2.75) is 25.9 Å². The number of alkyl halides is 1. The monoisotopic (exact) mass is 212 g/mol. The molecule has 2 N–H and O–H groups in total. The molecule has 0 saturated heterocycles. The van der Waals surface area contributed by atoms with E-state index in [1.54, 1.807) is 6.07 Å². The van der Waals surface area contributed by atoms with Gasteiger partial charge in [-0.15, -0.1) is 0 Å². The molecule has 0 aliphatic carbocycles. The number of aromatic hydroxyl groups is 1. The minimum Gasteiger partial charge on any atom is -0.508 e. The number of carboxylic acids is 1. The number of hydrogen-bond acceptors (Lipinski definition) is 2. The molecular weight excluding hydrogens is 199 g/mol. The van der Waals surface area contributed by atoms with E-state index in [9.17, 15) is 14.3 Å². The molecule has 1 aromatic rings. The van der Waals surface area contributed by atoms with Gasteiger partial charge in [0.1, 0.15) is 11.9 Å². The van der Waals surface area contributed by atoms with Crippen LogP contribution in [0.4, 0.5) is 4.39 Å². The SMILES string of the molecule is CC(F)c1cc(CCC(=O)O)ccc1O. The van der Waals surface area contributed by atoms with E-state index < -0.39 is 12.1 Å². The molecule has 0 aliphatic heterocycles. The lowest BCUT2D eigenvalue weighted by Gasteiger charge is -2.07. The highest BCUT2D eigenvalue weighted by molar-refractivity contribution is 5.67. The van der Waals surface area contributed by atoms with Crippen molar-refractivity contribution in [2.24, 2.45) is 0 Å². The van der Waals surface area contributed by atoms with Crippen LogP contribution in [0.5, 0.6) is 5.75 Å². The molecule has 0 fully saturated rings. The second kappa shape index (κ2) is 4.77. The van der Waals surface area contributed by atoms with Crippen LogP contribution in [0.2, 0.25) is 0 Å².